The minimum Gasteiger partial charge on any atom is -0.303 e. The largest absolute Gasteiger partial charge is 0.303 e. The van der Waals surface area contributed by atoms with E-state index in [1.165, 1.54) is 26.1 Å². The Balaban J connectivity index is 2.21. The van der Waals surface area contributed by atoms with Crippen LogP contribution in [-0.4, -0.2) is 30.4 Å². The molecular weight excluding hydrogens is 170 g/mol. The summed E-state index contributed by atoms with van der Waals surface area (Å²) < 4.78 is 0. The molecule has 1 aliphatic heterocycles. The van der Waals surface area contributed by atoms with E-state index >= 15 is 0 Å². The minimum absolute atomic E-state index is 0.806. The zero-order chi connectivity index (χ0) is 8.97. The van der Waals surface area contributed by atoms with Gasteiger partial charge in [-0.1, -0.05) is 13.8 Å². The van der Waals surface area contributed by atoms with Crippen molar-refractivity contribution in [3.8, 4) is 0 Å². The Morgan fingerprint density at radius 3 is 2.67 bits per heavy atom. The van der Waals surface area contributed by atoms with Crippen molar-refractivity contribution in [2.45, 2.75) is 26.7 Å². The molecule has 0 aliphatic carbocycles. The average molecular weight is 190 g/mol. The summed E-state index contributed by atoms with van der Waals surface area (Å²) in [5.74, 6) is 2.59. The second kappa shape index (κ2) is 5.08. The maximum atomic E-state index is 5.66. The first-order chi connectivity index (χ1) is 5.74. The summed E-state index contributed by atoms with van der Waals surface area (Å²) in [7, 11) is 0. The molecule has 0 radical (unpaired) electrons. The van der Waals surface area contributed by atoms with Gasteiger partial charge in [0.2, 0.25) is 0 Å². The van der Waals surface area contributed by atoms with Crippen LogP contribution >= 0.6 is 11.6 Å². The van der Waals surface area contributed by atoms with Crippen molar-refractivity contribution in [1.82, 2.24) is 4.90 Å². The highest BCUT2D eigenvalue weighted by molar-refractivity contribution is 6.17. The molecule has 12 heavy (non-hydrogen) atoms. The van der Waals surface area contributed by atoms with E-state index in [9.17, 15) is 0 Å². The Kier molecular flexibility index (Phi) is 4.38. The fraction of sp³-hybridized carbons (Fsp3) is 1.00. The fourth-order valence-corrected chi connectivity index (χ4v) is 1.96. The Morgan fingerprint density at radius 1 is 1.33 bits per heavy atom. The first-order valence-electron chi connectivity index (χ1n) is 5.02. The molecule has 0 saturated carbocycles. The molecule has 2 unspecified atom stereocenters. The molecule has 0 N–H and O–H groups in total. The van der Waals surface area contributed by atoms with E-state index in [1.54, 1.807) is 0 Å². The second-order valence-electron chi connectivity index (χ2n) is 4.09. The molecule has 2 atom stereocenters. The van der Waals surface area contributed by atoms with Gasteiger partial charge in [-0.2, -0.15) is 0 Å². The minimum atomic E-state index is 0.806. The predicted octanol–water partition coefficient (Wildman–Crippen LogP) is 2.59. The summed E-state index contributed by atoms with van der Waals surface area (Å²) in [6, 6.07) is 0. The summed E-state index contributed by atoms with van der Waals surface area (Å²) in [6.07, 6.45) is 2.51. The van der Waals surface area contributed by atoms with Crippen LogP contribution in [0.2, 0.25) is 0 Å². The number of alkyl halides is 1. The Hall–Kier alpha value is 0.250. The first-order valence-corrected chi connectivity index (χ1v) is 5.55. The van der Waals surface area contributed by atoms with E-state index < -0.39 is 0 Å². The number of piperidine rings is 1. The van der Waals surface area contributed by atoms with Gasteiger partial charge in [-0.05, 0) is 37.8 Å². The molecule has 0 aromatic carbocycles. The molecule has 1 fully saturated rings. The average Bonchev–Trinajstić information content (AvgIpc) is 2.07. The van der Waals surface area contributed by atoms with Gasteiger partial charge in [0.05, 0.1) is 0 Å². The molecular formula is C10H20ClN. The molecule has 0 amide bonds. The smallest absolute Gasteiger partial charge is 0.0235 e. The van der Waals surface area contributed by atoms with Gasteiger partial charge < -0.3 is 4.90 Å². The van der Waals surface area contributed by atoms with Crippen LogP contribution in [-0.2, 0) is 0 Å². The zero-order valence-corrected chi connectivity index (χ0v) is 8.98. The highest BCUT2D eigenvalue weighted by Crippen LogP contribution is 2.22. The summed E-state index contributed by atoms with van der Waals surface area (Å²) >= 11 is 5.66. The zero-order valence-electron chi connectivity index (χ0n) is 8.22. The maximum absolute atomic E-state index is 5.66. The molecule has 0 bridgehead atoms. The first kappa shape index (κ1) is 10.3. The summed E-state index contributed by atoms with van der Waals surface area (Å²) in [5.41, 5.74) is 0. The molecule has 1 heterocycles. The molecule has 72 valence electrons. The third kappa shape index (κ3) is 2.95. The lowest BCUT2D eigenvalue weighted by Crippen LogP contribution is -2.38. The number of hydrogen-bond donors (Lipinski definition) is 0. The van der Waals surface area contributed by atoms with Crippen LogP contribution in [0.3, 0.4) is 0 Å². The molecule has 1 saturated heterocycles. The van der Waals surface area contributed by atoms with Gasteiger partial charge in [0.15, 0.2) is 0 Å². The highest BCUT2D eigenvalue weighted by Gasteiger charge is 2.21. The van der Waals surface area contributed by atoms with Crippen LogP contribution in [0.1, 0.15) is 26.7 Å². The van der Waals surface area contributed by atoms with E-state index in [2.05, 4.69) is 18.7 Å². The van der Waals surface area contributed by atoms with Gasteiger partial charge in [-0.15, -0.1) is 11.6 Å². The number of halogens is 1. The monoisotopic (exact) mass is 189 g/mol. The highest BCUT2D eigenvalue weighted by atomic mass is 35.5. The van der Waals surface area contributed by atoms with Crippen LogP contribution in [0.5, 0.6) is 0 Å². The van der Waals surface area contributed by atoms with Gasteiger partial charge in [0, 0.05) is 12.4 Å². The molecule has 1 nitrogen and oxygen atoms in total. The van der Waals surface area contributed by atoms with E-state index in [1.807, 2.05) is 0 Å². The van der Waals surface area contributed by atoms with Crippen LogP contribution in [0, 0.1) is 11.8 Å². The second-order valence-corrected chi connectivity index (χ2v) is 4.46. The Labute approximate surface area is 81.1 Å². The van der Waals surface area contributed by atoms with Gasteiger partial charge in [-0.3, -0.25) is 0 Å². The fourth-order valence-electron chi connectivity index (χ4n) is 1.84. The van der Waals surface area contributed by atoms with Gasteiger partial charge >= 0.3 is 0 Å². The van der Waals surface area contributed by atoms with Gasteiger partial charge in [0.25, 0.3) is 0 Å². The third-order valence-corrected chi connectivity index (χ3v) is 3.29. The SMILES string of the molecule is CC1CCN(CCCCl)CC1C. The van der Waals surface area contributed by atoms with Crippen molar-refractivity contribution in [2.75, 3.05) is 25.5 Å². The molecule has 0 spiro atoms. The summed E-state index contributed by atoms with van der Waals surface area (Å²) in [5, 5.41) is 0. The third-order valence-electron chi connectivity index (χ3n) is 3.03. The lowest BCUT2D eigenvalue weighted by Gasteiger charge is -2.35. The van der Waals surface area contributed by atoms with Gasteiger partial charge in [-0.25, -0.2) is 0 Å². The van der Waals surface area contributed by atoms with Crippen LogP contribution in [0.25, 0.3) is 0 Å². The van der Waals surface area contributed by atoms with Crippen molar-refractivity contribution in [3.05, 3.63) is 0 Å². The van der Waals surface area contributed by atoms with E-state index in [-0.39, 0.29) is 0 Å². The summed E-state index contributed by atoms with van der Waals surface area (Å²) in [4.78, 5) is 2.55. The van der Waals surface area contributed by atoms with Crippen molar-refractivity contribution < 1.29 is 0 Å². The lowest BCUT2D eigenvalue weighted by atomic mass is 9.89. The van der Waals surface area contributed by atoms with Crippen molar-refractivity contribution in [1.29, 1.82) is 0 Å². The number of likely N-dealkylation sites (tertiary alicyclic amines) is 1. The molecule has 0 aromatic heterocycles. The van der Waals surface area contributed by atoms with Crippen LogP contribution in [0.4, 0.5) is 0 Å². The Bertz CT molecular complexity index is 125. The van der Waals surface area contributed by atoms with E-state index in [0.717, 1.165) is 24.1 Å². The topological polar surface area (TPSA) is 3.24 Å². The van der Waals surface area contributed by atoms with E-state index in [0.29, 0.717) is 0 Å². The summed E-state index contributed by atoms with van der Waals surface area (Å²) in [6.45, 7) is 8.47. The predicted molar refractivity (Wildman–Crippen MR) is 54.7 cm³/mol. The van der Waals surface area contributed by atoms with E-state index in [4.69, 9.17) is 11.6 Å². The molecule has 1 rings (SSSR count). The molecule has 2 heteroatoms. The normalized spacial score (nSPS) is 32.2. The molecule has 0 aromatic rings. The van der Waals surface area contributed by atoms with Crippen LogP contribution < -0.4 is 0 Å². The number of rotatable bonds is 3. The van der Waals surface area contributed by atoms with Crippen molar-refractivity contribution in [2.24, 2.45) is 11.8 Å². The standard InChI is InChI=1S/C10H20ClN/c1-9-4-7-12(6-3-5-11)8-10(9)2/h9-10H,3-8H2,1-2H3. The van der Waals surface area contributed by atoms with Gasteiger partial charge in [0.1, 0.15) is 0 Å². The maximum Gasteiger partial charge on any atom is 0.0235 e. The van der Waals surface area contributed by atoms with Crippen LogP contribution in [0.15, 0.2) is 0 Å². The number of nitrogens with zero attached hydrogens (tertiary/aromatic N) is 1. The quantitative estimate of drug-likeness (QED) is 0.617. The Morgan fingerprint density at radius 2 is 2.08 bits per heavy atom. The van der Waals surface area contributed by atoms with Crippen molar-refractivity contribution in [3.63, 3.8) is 0 Å². The number of hydrogen-bond acceptors (Lipinski definition) is 1. The van der Waals surface area contributed by atoms with Crippen molar-refractivity contribution >= 4 is 11.6 Å². The molecule has 1 aliphatic rings. The lowest BCUT2D eigenvalue weighted by molar-refractivity contribution is 0.139.